The zero-order valence-corrected chi connectivity index (χ0v) is 16.7. The first-order chi connectivity index (χ1) is 14.1. The Bertz CT molecular complexity index is 841. The van der Waals surface area contributed by atoms with Crippen molar-refractivity contribution in [3.63, 3.8) is 0 Å². The van der Waals surface area contributed by atoms with Gasteiger partial charge in [-0.1, -0.05) is 49.6 Å². The van der Waals surface area contributed by atoms with Crippen molar-refractivity contribution in [3.8, 4) is 5.75 Å². The molecule has 29 heavy (non-hydrogen) atoms. The smallest absolute Gasteiger partial charge is 0.277 e. The molecule has 2 N–H and O–H groups in total. The molecule has 0 heterocycles. The molecule has 1 saturated carbocycles. The number of hydrazone groups is 1. The van der Waals surface area contributed by atoms with Crippen LogP contribution in [0.5, 0.6) is 5.75 Å². The van der Waals surface area contributed by atoms with Crippen LogP contribution < -0.4 is 15.5 Å². The summed E-state index contributed by atoms with van der Waals surface area (Å²) < 4.78 is 5.39. The number of para-hydroxylation sites is 1. The number of carbonyl (C=O) groups is 2. The number of carbonyl (C=O) groups excluding carboxylic acids is 2. The third-order valence-corrected chi connectivity index (χ3v) is 5.01. The highest BCUT2D eigenvalue weighted by Gasteiger charge is 2.20. The van der Waals surface area contributed by atoms with E-state index >= 15 is 0 Å². The third-order valence-electron chi connectivity index (χ3n) is 5.01. The highest BCUT2D eigenvalue weighted by Crippen LogP contribution is 2.25. The van der Waals surface area contributed by atoms with Crippen molar-refractivity contribution in [2.45, 2.75) is 39.0 Å². The molecule has 1 fully saturated rings. The second-order valence-corrected chi connectivity index (χ2v) is 7.24. The Balaban J connectivity index is 1.48. The van der Waals surface area contributed by atoms with Crippen LogP contribution in [0, 0.1) is 5.92 Å². The van der Waals surface area contributed by atoms with Crippen molar-refractivity contribution in [2.24, 2.45) is 11.0 Å². The Labute approximate surface area is 171 Å². The quantitative estimate of drug-likeness (QED) is 0.548. The summed E-state index contributed by atoms with van der Waals surface area (Å²) in [5, 5.41) is 7.12. The van der Waals surface area contributed by atoms with E-state index in [-0.39, 0.29) is 24.3 Å². The molecule has 2 aromatic rings. The molecule has 0 aromatic heterocycles. The number of nitrogens with one attached hydrogen (secondary N) is 2. The van der Waals surface area contributed by atoms with Gasteiger partial charge < -0.3 is 10.1 Å². The summed E-state index contributed by atoms with van der Waals surface area (Å²) in [4.78, 5) is 24.2. The van der Waals surface area contributed by atoms with Gasteiger partial charge in [-0.2, -0.15) is 5.10 Å². The normalized spacial score (nSPS) is 14.9. The second-order valence-electron chi connectivity index (χ2n) is 7.24. The molecule has 2 aromatic carbocycles. The Morgan fingerprint density at radius 2 is 1.69 bits per heavy atom. The number of ether oxygens (including phenoxy) is 1. The van der Waals surface area contributed by atoms with Gasteiger partial charge in [0.2, 0.25) is 5.91 Å². The highest BCUT2D eigenvalue weighted by atomic mass is 16.5. The molecule has 2 amide bonds. The average molecular weight is 393 g/mol. The molecule has 0 unspecified atom stereocenters. The molecular weight excluding hydrogens is 366 g/mol. The van der Waals surface area contributed by atoms with Gasteiger partial charge in [-0.15, -0.1) is 0 Å². The van der Waals surface area contributed by atoms with Crippen molar-refractivity contribution < 1.29 is 14.3 Å². The minimum absolute atomic E-state index is 0.104. The molecule has 6 heteroatoms. The third kappa shape index (κ3) is 6.45. The van der Waals surface area contributed by atoms with Crippen molar-refractivity contribution in [1.29, 1.82) is 0 Å². The molecule has 0 spiro atoms. The van der Waals surface area contributed by atoms with Crippen LogP contribution in [0.4, 0.5) is 5.69 Å². The Morgan fingerprint density at radius 3 is 2.38 bits per heavy atom. The van der Waals surface area contributed by atoms with Gasteiger partial charge >= 0.3 is 0 Å². The van der Waals surface area contributed by atoms with Gasteiger partial charge in [-0.3, -0.25) is 9.59 Å². The molecule has 3 rings (SSSR count). The lowest BCUT2D eigenvalue weighted by atomic mass is 9.88. The number of rotatable bonds is 7. The largest absolute Gasteiger partial charge is 0.484 e. The monoisotopic (exact) mass is 393 g/mol. The zero-order chi connectivity index (χ0) is 20.5. The minimum atomic E-state index is -0.329. The van der Waals surface area contributed by atoms with E-state index in [1.807, 2.05) is 49.4 Å². The fourth-order valence-electron chi connectivity index (χ4n) is 3.31. The lowest BCUT2D eigenvalue weighted by molar-refractivity contribution is -0.123. The van der Waals surface area contributed by atoms with Gasteiger partial charge in [0.15, 0.2) is 6.61 Å². The van der Waals surface area contributed by atoms with E-state index in [0.717, 1.165) is 36.9 Å². The lowest BCUT2D eigenvalue weighted by Crippen LogP contribution is -2.25. The molecular formula is C23H27N3O3. The Hall–Kier alpha value is -3.15. The molecule has 0 aliphatic heterocycles. The van der Waals surface area contributed by atoms with Crippen molar-refractivity contribution >= 4 is 23.2 Å². The predicted molar refractivity (Wildman–Crippen MR) is 114 cm³/mol. The van der Waals surface area contributed by atoms with Gasteiger partial charge in [0, 0.05) is 11.6 Å². The van der Waals surface area contributed by atoms with Gasteiger partial charge in [0.1, 0.15) is 5.75 Å². The number of amides is 2. The molecule has 1 aliphatic rings. The number of benzene rings is 2. The van der Waals surface area contributed by atoms with Gasteiger partial charge in [0.05, 0.1) is 5.71 Å². The van der Waals surface area contributed by atoms with Crippen molar-refractivity contribution in [2.75, 3.05) is 11.9 Å². The molecule has 1 aliphatic carbocycles. The number of hydrogen-bond donors (Lipinski definition) is 2. The van der Waals surface area contributed by atoms with E-state index in [1.165, 1.54) is 6.42 Å². The Morgan fingerprint density at radius 1 is 1.00 bits per heavy atom. The molecule has 6 nitrogen and oxygen atoms in total. The topological polar surface area (TPSA) is 79.8 Å². The van der Waals surface area contributed by atoms with E-state index < -0.39 is 0 Å². The van der Waals surface area contributed by atoms with Crippen LogP contribution >= 0.6 is 0 Å². The zero-order valence-electron chi connectivity index (χ0n) is 16.7. The van der Waals surface area contributed by atoms with E-state index in [2.05, 4.69) is 15.8 Å². The number of anilines is 1. The van der Waals surface area contributed by atoms with Crippen LogP contribution in [-0.2, 0) is 9.59 Å². The standard InChI is InChI=1S/C23H27N3O3/c1-17(25-26-22(27)16-29-21-10-6-3-7-11-21)18-12-14-20(15-13-18)24-23(28)19-8-4-2-5-9-19/h3,6-7,10-15,19H,2,4-5,8-9,16H2,1H3,(H,24,28)(H,26,27)/b25-17+. The van der Waals surface area contributed by atoms with E-state index in [9.17, 15) is 9.59 Å². The summed E-state index contributed by atoms with van der Waals surface area (Å²) >= 11 is 0. The Kier molecular flexibility index (Phi) is 7.39. The second kappa shape index (κ2) is 10.4. The van der Waals surface area contributed by atoms with Crippen molar-refractivity contribution in [1.82, 2.24) is 5.43 Å². The first kappa shape index (κ1) is 20.6. The average Bonchev–Trinajstić information content (AvgIpc) is 2.78. The van der Waals surface area contributed by atoms with E-state index in [1.54, 1.807) is 12.1 Å². The first-order valence-corrected chi connectivity index (χ1v) is 10.0. The van der Waals surface area contributed by atoms with E-state index in [0.29, 0.717) is 11.5 Å². The fraction of sp³-hybridized carbons (Fsp3) is 0.348. The van der Waals surface area contributed by atoms with Gasteiger partial charge in [0.25, 0.3) is 5.91 Å². The van der Waals surface area contributed by atoms with Crippen molar-refractivity contribution in [3.05, 3.63) is 60.2 Å². The van der Waals surface area contributed by atoms with Crippen LogP contribution in [0.15, 0.2) is 59.7 Å². The first-order valence-electron chi connectivity index (χ1n) is 10.0. The van der Waals surface area contributed by atoms with Crippen LogP contribution in [-0.4, -0.2) is 24.1 Å². The summed E-state index contributed by atoms with van der Waals surface area (Å²) in [5.41, 5.74) is 4.81. The maximum atomic E-state index is 12.3. The summed E-state index contributed by atoms with van der Waals surface area (Å²) in [6.07, 6.45) is 5.45. The summed E-state index contributed by atoms with van der Waals surface area (Å²) in [5.74, 6) is 0.535. The minimum Gasteiger partial charge on any atom is -0.484 e. The number of nitrogens with zero attached hydrogens (tertiary/aromatic N) is 1. The van der Waals surface area contributed by atoms with Crippen LogP contribution in [0.1, 0.15) is 44.6 Å². The maximum absolute atomic E-state index is 12.3. The van der Waals surface area contributed by atoms with Gasteiger partial charge in [-0.05, 0) is 49.6 Å². The van der Waals surface area contributed by atoms with Crippen LogP contribution in [0.2, 0.25) is 0 Å². The molecule has 0 radical (unpaired) electrons. The molecule has 0 atom stereocenters. The maximum Gasteiger partial charge on any atom is 0.277 e. The molecule has 152 valence electrons. The summed E-state index contributed by atoms with van der Waals surface area (Å²) in [7, 11) is 0. The predicted octanol–water partition coefficient (Wildman–Crippen LogP) is 4.12. The summed E-state index contributed by atoms with van der Waals surface area (Å²) in [6, 6.07) is 16.6. The van der Waals surface area contributed by atoms with E-state index in [4.69, 9.17) is 4.74 Å². The molecule has 0 saturated heterocycles. The number of hydrogen-bond acceptors (Lipinski definition) is 4. The lowest BCUT2D eigenvalue weighted by Gasteiger charge is -2.20. The summed E-state index contributed by atoms with van der Waals surface area (Å²) in [6.45, 7) is 1.71. The van der Waals surface area contributed by atoms with Crippen LogP contribution in [0.3, 0.4) is 0 Å². The van der Waals surface area contributed by atoms with Crippen LogP contribution in [0.25, 0.3) is 0 Å². The molecule has 0 bridgehead atoms. The van der Waals surface area contributed by atoms with Gasteiger partial charge in [-0.25, -0.2) is 5.43 Å². The fourth-order valence-corrected chi connectivity index (χ4v) is 3.31. The SMILES string of the molecule is C/C(=N\NC(=O)COc1ccccc1)c1ccc(NC(=O)C2CCCCC2)cc1. The highest BCUT2D eigenvalue weighted by molar-refractivity contribution is 6.00.